The van der Waals surface area contributed by atoms with E-state index in [0.29, 0.717) is 6.42 Å². The maximum Gasteiger partial charge on any atom is 0.394 e. The number of rotatable bonds is 4. The number of hydrogen-bond donors (Lipinski definition) is 1. The quantitative estimate of drug-likeness (QED) is 0.571. The molecule has 0 heterocycles. The first kappa shape index (κ1) is 20.1. The molecule has 0 saturated carbocycles. The zero-order valence-electron chi connectivity index (χ0n) is 15.1. The van der Waals surface area contributed by atoms with Crippen LogP contribution in [0, 0.1) is 5.41 Å². The smallest absolute Gasteiger partial charge is 0.393 e. The molecule has 0 spiro atoms. The summed E-state index contributed by atoms with van der Waals surface area (Å²) >= 11 is 0. The van der Waals surface area contributed by atoms with E-state index in [1.165, 1.54) is 0 Å². The Morgan fingerprint density at radius 1 is 0.950 bits per heavy atom. The Balaban J connectivity index is 5.53. The van der Waals surface area contributed by atoms with Crippen LogP contribution in [0.15, 0.2) is 0 Å². The van der Waals surface area contributed by atoms with Crippen molar-refractivity contribution in [3.8, 4) is 0 Å². The molecule has 0 aliphatic carbocycles. The molecule has 0 aliphatic heterocycles. The fourth-order valence-electron chi connectivity index (χ4n) is 2.56. The molecule has 2 atom stereocenters. The fraction of sp³-hybridized carbons (Fsp3) is 1.00. The van der Waals surface area contributed by atoms with Crippen LogP contribution in [0.2, 0.25) is 10.1 Å². The highest BCUT2D eigenvalue weighted by Gasteiger charge is 2.59. The van der Waals surface area contributed by atoms with Crippen LogP contribution in [0.4, 0.5) is 4.11 Å². The maximum atomic E-state index is 15.9. The Kier molecular flexibility index (Phi) is 6.07. The van der Waals surface area contributed by atoms with Gasteiger partial charge in [0.2, 0.25) is 0 Å². The molecule has 0 fully saturated rings. The zero-order chi connectivity index (χ0) is 16.6. The predicted octanol–water partition coefficient (Wildman–Crippen LogP) is 5.20. The standard InChI is InChI=1S/C16H35FO2Si/c1-12(18)11-13(14(2,3)4)19-20(17,15(5,6)7)16(8,9)10/h12-13,18H,11H2,1-10H3/t12-,13-/m0/s1. The van der Waals surface area contributed by atoms with Crippen LogP contribution in [0.25, 0.3) is 0 Å². The van der Waals surface area contributed by atoms with Gasteiger partial charge < -0.3 is 9.53 Å². The van der Waals surface area contributed by atoms with Crippen LogP contribution in [0.3, 0.4) is 0 Å². The van der Waals surface area contributed by atoms with E-state index in [-0.39, 0.29) is 11.5 Å². The van der Waals surface area contributed by atoms with Gasteiger partial charge in [0.25, 0.3) is 0 Å². The molecule has 0 aromatic heterocycles. The molecule has 0 aromatic rings. The van der Waals surface area contributed by atoms with E-state index in [4.69, 9.17) is 4.43 Å². The highest BCUT2D eigenvalue weighted by molar-refractivity contribution is 6.72. The Labute approximate surface area is 126 Å². The van der Waals surface area contributed by atoms with Gasteiger partial charge in [0.1, 0.15) is 0 Å². The van der Waals surface area contributed by atoms with Gasteiger partial charge in [-0.1, -0.05) is 62.3 Å². The highest BCUT2D eigenvalue weighted by atomic mass is 28.4. The summed E-state index contributed by atoms with van der Waals surface area (Å²) in [6.45, 7) is 19.4. The summed E-state index contributed by atoms with van der Waals surface area (Å²) in [6, 6.07) is 0. The summed E-state index contributed by atoms with van der Waals surface area (Å²) in [4.78, 5) is 0. The van der Waals surface area contributed by atoms with Crippen molar-refractivity contribution in [3.63, 3.8) is 0 Å². The van der Waals surface area contributed by atoms with Crippen LogP contribution >= 0.6 is 0 Å². The minimum absolute atomic E-state index is 0.197. The lowest BCUT2D eigenvalue weighted by Gasteiger charge is -2.47. The van der Waals surface area contributed by atoms with Gasteiger partial charge in [-0.2, -0.15) is 0 Å². The van der Waals surface area contributed by atoms with E-state index in [0.717, 1.165) is 0 Å². The third-order valence-electron chi connectivity index (χ3n) is 3.76. The largest absolute Gasteiger partial charge is 0.394 e. The number of hydrogen-bond acceptors (Lipinski definition) is 2. The van der Waals surface area contributed by atoms with Crippen LogP contribution in [0.5, 0.6) is 0 Å². The summed E-state index contributed by atoms with van der Waals surface area (Å²) in [5.41, 5.74) is -0.197. The number of aliphatic hydroxyl groups excluding tert-OH is 1. The average Bonchev–Trinajstić information content (AvgIpc) is 2.10. The summed E-state index contributed by atoms with van der Waals surface area (Å²) in [5.74, 6) is 0. The van der Waals surface area contributed by atoms with Crippen LogP contribution in [-0.4, -0.2) is 26.0 Å². The lowest BCUT2D eigenvalue weighted by Crippen LogP contribution is -2.55. The first-order chi connectivity index (χ1) is 8.52. The Hall–Kier alpha value is 0.0669. The van der Waals surface area contributed by atoms with Gasteiger partial charge in [-0.25, -0.2) is 0 Å². The van der Waals surface area contributed by atoms with E-state index in [1.54, 1.807) is 6.92 Å². The van der Waals surface area contributed by atoms with E-state index in [1.807, 2.05) is 62.3 Å². The van der Waals surface area contributed by atoms with Crippen molar-refractivity contribution in [2.45, 2.75) is 97.9 Å². The molecule has 0 unspecified atom stereocenters. The molecule has 0 aromatic carbocycles. The van der Waals surface area contributed by atoms with Crippen molar-refractivity contribution in [2.75, 3.05) is 0 Å². The zero-order valence-corrected chi connectivity index (χ0v) is 16.1. The van der Waals surface area contributed by atoms with Crippen molar-refractivity contribution < 1.29 is 13.6 Å². The van der Waals surface area contributed by atoms with Crippen LogP contribution < -0.4 is 0 Å². The lowest BCUT2D eigenvalue weighted by molar-refractivity contribution is 0.0107. The molecule has 0 aliphatic rings. The van der Waals surface area contributed by atoms with Gasteiger partial charge in [-0.15, -0.1) is 0 Å². The Morgan fingerprint density at radius 3 is 1.50 bits per heavy atom. The molecule has 0 bridgehead atoms. The molecule has 0 radical (unpaired) electrons. The predicted molar refractivity (Wildman–Crippen MR) is 86.9 cm³/mol. The molecule has 0 saturated heterocycles. The van der Waals surface area contributed by atoms with E-state index in [2.05, 4.69) is 0 Å². The first-order valence-corrected chi connectivity index (χ1v) is 9.36. The second kappa shape index (κ2) is 6.05. The van der Waals surface area contributed by atoms with Crippen LogP contribution in [-0.2, 0) is 4.43 Å². The fourth-order valence-corrected chi connectivity index (χ4v) is 6.36. The molecule has 0 amide bonds. The SMILES string of the molecule is C[C@H](O)C[C@H](O[Si](F)(C(C)(C)C)C(C)(C)C)C(C)(C)C. The highest BCUT2D eigenvalue weighted by Crippen LogP contribution is 2.54. The molecule has 4 heteroatoms. The normalized spacial score (nSPS) is 18.0. The second-order valence-corrected chi connectivity index (χ2v) is 13.6. The third kappa shape index (κ3) is 4.81. The third-order valence-corrected chi connectivity index (χ3v) is 8.22. The molecule has 122 valence electrons. The van der Waals surface area contributed by atoms with E-state index in [9.17, 15) is 5.11 Å². The van der Waals surface area contributed by atoms with Gasteiger partial charge in [0.15, 0.2) is 0 Å². The minimum Gasteiger partial charge on any atom is -0.393 e. The summed E-state index contributed by atoms with van der Waals surface area (Å²) in [5, 5.41) is 8.69. The topological polar surface area (TPSA) is 29.5 Å². The van der Waals surface area contributed by atoms with Gasteiger partial charge in [-0.05, 0) is 18.8 Å². The summed E-state index contributed by atoms with van der Waals surface area (Å²) in [7, 11) is -3.50. The summed E-state index contributed by atoms with van der Waals surface area (Å²) in [6.07, 6.45) is -0.302. The maximum absolute atomic E-state index is 15.9. The van der Waals surface area contributed by atoms with Crippen molar-refractivity contribution in [2.24, 2.45) is 5.41 Å². The number of aliphatic hydroxyl groups is 1. The van der Waals surface area contributed by atoms with E-state index >= 15 is 4.11 Å². The summed E-state index contributed by atoms with van der Waals surface area (Å²) < 4.78 is 22.0. The first-order valence-electron chi connectivity index (χ1n) is 7.57. The molecule has 1 N–H and O–H groups in total. The molecular formula is C16H35FO2Si. The lowest BCUT2D eigenvalue weighted by atomic mass is 9.86. The van der Waals surface area contributed by atoms with Gasteiger partial charge in [0, 0.05) is 10.1 Å². The van der Waals surface area contributed by atoms with Crippen LogP contribution in [0.1, 0.15) is 75.7 Å². The molecule has 0 rings (SSSR count). The van der Waals surface area contributed by atoms with Crippen molar-refractivity contribution in [1.29, 1.82) is 0 Å². The van der Waals surface area contributed by atoms with Gasteiger partial charge in [-0.3, -0.25) is 4.11 Å². The molecular weight excluding hydrogens is 271 g/mol. The Bertz CT molecular complexity index is 294. The molecule has 20 heavy (non-hydrogen) atoms. The second-order valence-electron chi connectivity index (χ2n) is 9.15. The van der Waals surface area contributed by atoms with Crippen molar-refractivity contribution >= 4 is 8.65 Å². The van der Waals surface area contributed by atoms with Gasteiger partial charge >= 0.3 is 8.65 Å². The van der Waals surface area contributed by atoms with Crippen molar-refractivity contribution in [1.82, 2.24) is 0 Å². The number of halogens is 1. The Morgan fingerprint density at radius 2 is 1.30 bits per heavy atom. The average molecular weight is 307 g/mol. The monoisotopic (exact) mass is 306 g/mol. The van der Waals surface area contributed by atoms with Gasteiger partial charge in [0.05, 0.1) is 12.2 Å². The van der Waals surface area contributed by atoms with E-state index < -0.39 is 24.8 Å². The van der Waals surface area contributed by atoms with Crippen molar-refractivity contribution in [3.05, 3.63) is 0 Å². The minimum atomic E-state index is -3.50. The molecule has 2 nitrogen and oxygen atoms in total.